The number of carbonyl (C=O) groups is 1. The van der Waals surface area contributed by atoms with Gasteiger partial charge in [0.25, 0.3) is 5.56 Å². The zero-order valence-corrected chi connectivity index (χ0v) is 20.7. The van der Waals surface area contributed by atoms with Gasteiger partial charge in [0.15, 0.2) is 11.4 Å². The van der Waals surface area contributed by atoms with Gasteiger partial charge in [-0.3, -0.25) is 14.2 Å². The third-order valence-corrected chi connectivity index (χ3v) is 7.24. The van der Waals surface area contributed by atoms with Crippen molar-refractivity contribution in [2.75, 3.05) is 19.0 Å². The highest BCUT2D eigenvalue weighted by Crippen LogP contribution is 2.31. The molecule has 0 saturated heterocycles. The molecule has 0 saturated carbocycles. The Bertz CT molecular complexity index is 1290. The third kappa shape index (κ3) is 5.69. The van der Waals surface area contributed by atoms with E-state index in [9.17, 15) is 9.59 Å². The number of hydrogen-bond acceptors (Lipinski definition) is 8. The van der Waals surface area contributed by atoms with Crippen molar-refractivity contribution in [1.29, 1.82) is 0 Å². The van der Waals surface area contributed by atoms with Crippen LogP contribution in [-0.4, -0.2) is 40.7 Å². The number of thioether (sulfide) groups is 1. The number of nitrogens with one attached hydrogen (secondary N) is 1. The number of amides is 1. The molecule has 0 aliphatic heterocycles. The van der Waals surface area contributed by atoms with E-state index >= 15 is 0 Å². The summed E-state index contributed by atoms with van der Waals surface area (Å²) in [4.78, 5) is 30.8. The monoisotopic (exact) mass is 501 g/mol. The van der Waals surface area contributed by atoms with Crippen LogP contribution in [0.15, 0.2) is 57.0 Å². The van der Waals surface area contributed by atoms with Gasteiger partial charge >= 0.3 is 0 Å². The first-order valence-corrected chi connectivity index (χ1v) is 13.0. The van der Waals surface area contributed by atoms with Crippen molar-refractivity contribution in [2.24, 2.45) is 0 Å². The second-order valence-corrected chi connectivity index (χ2v) is 9.40. The first-order chi connectivity index (χ1) is 16.6. The Balaban J connectivity index is 1.60. The Kier molecular flexibility index (Phi) is 8.39. The Morgan fingerprint density at radius 2 is 2.00 bits per heavy atom. The van der Waals surface area contributed by atoms with Gasteiger partial charge in [-0.2, -0.15) is 0 Å². The summed E-state index contributed by atoms with van der Waals surface area (Å²) in [6.07, 6.45) is 1.66. The Morgan fingerprint density at radius 3 is 2.74 bits per heavy atom. The zero-order chi connectivity index (χ0) is 23.9. The van der Waals surface area contributed by atoms with Crippen LogP contribution >= 0.6 is 23.1 Å². The van der Waals surface area contributed by atoms with E-state index in [0.29, 0.717) is 53.9 Å². The maximum Gasteiger partial charge on any atom is 0.272 e. The molecule has 1 amide bonds. The van der Waals surface area contributed by atoms with Crippen LogP contribution in [0.3, 0.4) is 0 Å². The largest absolute Gasteiger partial charge is 0.467 e. The van der Waals surface area contributed by atoms with Crippen LogP contribution in [0, 0.1) is 0 Å². The molecule has 0 atom stereocenters. The molecule has 180 valence electrons. The average Bonchev–Trinajstić information content (AvgIpc) is 3.49. The fourth-order valence-electron chi connectivity index (χ4n) is 3.56. The molecule has 8 nitrogen and oxygen atoms in total. The molecular weight excluding hydrogens is 474 g/mol. The second-order valence-electron chi connectivity index (χ2n) is 7.40. The second kappa shape index (κ2) is 11.7. The highest BCUT2D eigenvalue weighted by molar-refractivity contribution is 7.99. The first kappa shape index (κ1) is 24.5. The minimum absolute atomic E-state index is 0.114. The van der Waals surface area contributed by atoms with E-state index in [2.05, 4.69) is 5.32 Å². The Hall–Kier alpha value is -2.66. The maximum atomic E-state index is 13.5. The Labute approximate surface area is 205 Å². The van der Waals surface area contributed by atoms with Crippen molar-refractivity contribution in [1.82, 2.24) is 14.9 Å². The van der Waals surface area contributed by atoms with Crippen molar-refractivity contribution >= 4 is 49.3 Å². The minimum Gasteiger partial charge on any atom is -0.467 e. The van der Waals surface area contributed by atoms with Gasteiger partial charge in [-0.05, 0) is 32.0 Å². The van der Waals surface area contributed by atoms with Gasteiger partial charge in [0.2, 0.25) is 5.91 Å². The van der Waals surface area contributed by atoms with Crippen molar-refractivity contribution in [3.63, 3.8) is 0 Å². The summed E-state index contributed by atoms with van der Waals surface area (Å²) in [6, 6.07) is 11.4. The highest BCUT2D eigenvalue weighted by atomic mass is 32.2. The molecule has 34 heavy (non-hydrogen) atoms. The van der Waals surface area contributed by atoms with E-state index in [0.717, 1.165) is 10.1 Å². The number of carbonyl (C=O) groups excluding carboxylic acids is 1. The standard InChI is InChI=1S/C24H27N3O5S2/c1-3-30-20(31-4-2)11-12-27-23(29)22-21(17-9-5-6-10-18(17)34-22)26-24(27)33-15-19(28)25-14-16-8-7-13-32-16/h5-10,13,20H,3-4,11-12,14-15H2,1-2H3,(H,25,28). The Morgan fingerprint density at radius 1 is 1.21 bits per heavy atom. The van der Waals surface area contributed by atoms with E-state index in [-0.39, 0.29) is 17.2 Å². The molecule has 0 bridgehead atoms. The molecular formula is C24H27N3O5S2. The average molecular weight is 502 g/mol. The smallest absolute Gasteiger partial charge is 0.272 e. The SMILES string of the molecule is CCOC(CCn1c(SCC(=O)NCc2ccco2)nc2c(sc3ccccc32)c1=O)OCC. The molecule has 3 heterocycles. The number of ether oxygens (including phenoxy) is 2. The molecule has 10 heteroatoms. The van der Waals surface area contributed by atoms with Gasteiger partial charge in [0.05, 0.1) is 24.1 Å². The van der Waals surface area contributed by atoms with E-state index in [1.54, 1.807) is 23.0 Å². The summed E-state index contributed by atoms with van der Waals surface area (Å²) in [5.74, 6) is 0.637. The molecule has 4 rings (SSSR count). The summed E-state index contributed by atoms with van der Waals surface area (Å²) in [5.41, 5.74) is 0.558. The van der Waals surface area contributed by atoms with Crippen LogP contribution in [0.4, 0.5) is 0 Å². The number of hydrogen-bond donors (Lipinski definition) is 1. The third-order valence-electron chi connectivity index (χ3n) is 5.11. The molecule has 4 aromatic rings. The molecule has 0 spiro atoms. The number of nitrogens with zero attached hydrogens (tertiary/aromatic N) is 2. The number of aromatic nitrogens is 2. The summed E-state index contributed by atoms with van der Waals surface area (Å²) >= 11 is 2.68. The lowest BCUT2D eigenvalue weighted by atomic mass is 10.2. The topological polar surface area (TPSA) is 95.6 Å². The molecule has 0 fully saturated rings. The zero-order valence-electron chi connectivity index (χ0n) is 19.1. The predicted octanol–water partition coefficient (Wildman–Crippen LogP) is 4.40. The number of benzene rings is 1. The van der Waals surface area contributed by atoms with Crippen LogP contribution in [0.2, 0.25) is 0 Å². The van der Waals surface area contributed by atoms with Gasteiger partial charge in [0.1, 0.15) is 10.5 Å². The lowest BCUT2D eigenvalue weighted by Crippen LogP contribution is -2.28. The summed E-state index contributed by atoms with van der Waals surface area (Å²) in [5, 5.41) is 4.27. The van der Waals surface area contributed by atoms with Crippen molar-refractivity contribution in [3.8, 4) is 0 Å². The van der Waals surface area contributed by atoms with E-state index < -0.39 is 6.29 Å². The normalized spacial score (nSPS) is 11.6. The minimum atomic E-state index is -0.408. The van der Waals surface area contributed by atoms with E-state index in [4.69, 9.17) is 18.9 Å². The summed E-state index contributed by atoms with van der Waals surface area (Å²) in [7, 11) is 0. The molecule has 0 radical (unpaired) electrons. The van der Waals surface area contributed by atoms with Crippen molar-refractivity contribution in [2.45, 2.75) is 44.8 Å². The molecule has 0 aliphatic carbocycles. The highest BCUT2D eigenvalue weighted by Gasteiger charge is 2.19. The molecule has 1 aromatic carbocycles. The maximum absolute atomic E-state index is 13.5. The van der Waals surface area contributed by atoms with Gasteiger partial charge in [-0.25, -0.2) is 4.98 Å². The number of fused-ring (bicyclic) bond motifs is 3. The van der Waals surface area contributed by atoms with E-state index in [1.807, 2.05) is 38.1 Å². The summed E-state index contributed by atoms with van der Waals surface area (Å²) in [6.45, 7) is 5.54. The fraction of sp³-hybridized carbons (Fsp3) is 0.375. The van der Waals surface area contributed by atoms with E-state index in [1.165, 1.54) is 23.1 Å². The molecule has 1 N–H and O–H groups in total. The number of furan rings is 1. The van der Waals surface area contributed by atoms with Crippen molar-refractivity contribution in [3.05, 3.63) is 58.8 Å². The van der Waals surface area contributed by atoms with Crippen LogP contribution in [-0.2, 0) is 27.4 Å². The lowest BCUT2D eigenvalue weighted by Gasteiger charge is -2.18. The predicted molar refractivity (Wildman–Crippen MR) is 134 cm³/mol. The number of rotatable bonds is 12. The van der Waals surface area contributed by atoms with Crippen LogP contribution in [0.25, 0.3) is 20.3 Å². The van der Waals surface area contributed by atoms with Crippen molar-refractivity contribution < 1.29 is 18.7 Å². The molecule has 3 aromatic heterocycles. The fourth-order valence-corrected chi connectivity index (χ4v) is 5.50. The van der Waals surface area contributed by atoms with Crippen LogP contribution < -0.4 is 10.9 Å². The van der Waals surface area contributed by atoms with Gasteiger partial charge < -0.3 is 19.2 Å². The van der Waals surface area contributed by atoms with Gasteiger partial charge in [-0.1, -0.05) is 30.0 Å². The quantitative estimate of drug-likeness (QED) is 0.175. The molecule has 0 unspecified atom stereocenters. The summed E-state index contributed by atoms with van der Waals surface area (Å²) < 4.78 is 19.8. The first-order valence-electron chi connectivity index (χ1n) is 11.2. The van der Waals surface area contributed by atoms with Gasteiger partial charge in [-0.15, -0.1) is 11.3 Å². The van der Waals surface area contributed by atoms with Gasteiger partial charge in [0, 0.05) is 36.3 Å². The molecule has 0 aliphatic rings. The van der Waals surface area contributed by atoms with Crippen LogP contribution in [0.5, 0.6) is 0 Å². The number of thiophene rings is 1. The van der Waals surface area contributed by atoms with Crippen LogP contribution in [0.1, 0.15) is 26.0 Å². The lowest BCUT2D eigenvalue weighted by molar-refractivity contribution is -0.141.